The lowest BCUT2D eigenvalue weighted by molar-refractivity contribution is -0.113. The molecule has 9 nitrogen and oxygen atoms in total. The SMILES string of the molecule is COc1cccc(CSc2nc3n(n2)C(c2ccc(C(=O)O)cc2)C(C(=O)Nc2ccccc2C)=C(C)N3)c1. The first kappa shape index (κ1) is 26.1. The molecule has 0 fully saturated rings. The molecule has 0 bridgehead atoms. The molecule has 10 heteroatoms. The van der Waals surface area contributed by atoms with Crippen LogP contribution in [0.5, 0.6) is 5.75 Å². The number of methoxy groups -OCH3 is 1. The highest BCUT2D eigenvalue weighted by atomic mass is 32.2. The highest BCUT2D eigenvalue weighted by molar-refractivity contribution is 7.98. The van der Waals surface area contributed by atoms with Crippen molar-refractivity contribution in [3.63, 3.8) is 0 Å². The van der Waals surface area contributed by atoms with E-state index >= 15 is 0 Å². The lowest BCUT2D eigenvalue weighted by Crippen LogP contribution is -2.31. The van der Waals surface area contributed by atoms with Gasteiger partial charge < -0.3 is 20.5 Å². The molecule has 1 aromatic heterocycles. The Hall–Kier alpha value is -4.57. The third kappa shape index (κ3) is 5.51. The average molecular weight is 542 g/mol. The molecule has 0 radical (unpaired) electrons. The molecule has 3 aromatic carbocycles. The number of thioether (sulfide) groups is 1. The highest BCUT2D eigenvalue weighted by Gasteiger charge is 2.34. The van der Waals surface area contributed by atoms with Gasteiger partial charge >= 0.3 is 5.97 Å². The number of hydrogen-bond acceptors (Lipinski definition) is 7. The molecule has 1 atom stereocenters. The van der Waals surface area contributed by atoms with E-state index in [-0.39, 0.29) is 11.5 Å². The van der Waals surface area contributed by atoms with Crippen molar-refractivity contribution in [1.82, 2.24) is 14.8 Å². The summed E-state index contributed by atoms with van der Waals surface area (Å²) in [7, 11) is 1.63. The Balaban J connectivity index is 1.50. The van der Waals surface area contributed by atoms with Gasteiger partial charge in [0.25, 0.3) is 5.91 Å². The first-order valence-electron chi connectivity index (χ1n) is 12.2. The lowest BCUT2D eigenvalue weighted by Gasteiger charge is -2.29. The molecule has 1 aliphatic heterocycles. The van der Waals surface area contributed by atoms with Crippen LogP contribution in [0.1, 0.15) is 40.0 Å². The number of allylic oxidation sites excluding steroid dienone is 1. The molecule has 1 unspecified atom stereocenters. The van der Waals surface area contributed by atoms with Crippen molar-refractivity contribution in [1.29, 1.82) is 0 Å². The smallest absolute Gasteiger partial charge is 0.335 e. The zero-order valence-electron chi connectivity index (χ0n) is 21.6. The van der Waals surface area contributed by atoms with E-state index in [0.717, 1.165) is 16.9 Å². The van der Waals surface area contributed by atoms with Gasteiger partial charge in [0.05, 0.1) is 18.2 Å². The molecular formula is C29H27N5O4S. The summed E-state index contributed by atoms with van der Waals surface area (Å²) in [5, 5.41) is 20.9. The Morgan fingerprint density at radius 3 is 2.56 bits per heavy atom. The standard InChI is InChI=1S/C29H27N5O4S/c1-17-7-4-5-10-23(17)31-26(35)24-18(2)30-28-32-29(39-16-19-8-6-9-22(15-19)38-3)33-34(28)25(24)20-11-13-21(14-12-20)27(36)37/h4-15,25H,16H2,1-3H3,(H,31,35)(H,36,37)(H,30,32,33). The van der Waals surface area contributed by atoms with Crippen molar-refractivity contribution < 1.29 is 19.4 Å². The average Bonchev–Trinajstić information content (AvgIpc) is 3.34. The molecule has 0 saturated heterocycles. The topological polar surface area (TPSA) is 118 Å². The minimum atomic E-state index is -1.02. The number of aryl methyl sites for hydroxylation is 1. The van der Waals surface area contributed by atoms with Crippen LogP contribution in [-0.2, 0) is 10.5 Å². The summed E-state index contributed by atoms with van der Waals surface area (Å²) in [6.07, 6.45) is 0. The molecule has 4 aromatic rings. The first-order chi connectivity index (χ1) is 18.8. The van der Waals surface area contributed by atoms with Crippen LogP contribution >= 0.6 is 11.8 Å². The highest BCUT2D eigenvalue weighted by Crippen LogP contribution is 2.37. The minimum absolute atomic E-state index is 0.160. The quantitative estimate of drug-likeness (QED) is 0.250. The van der Waals surface area contributed by atoms with E-state index in [2.05, 4.69) is 15.6 Å². The van der Waals surface area contributed by atoms with Crippen molar-refractivity contribution in [2.24, 2.45) is 0 Å². The number of rotatable bonds is 8. The molecule has 198 valence electrons. The number of para-hydroxylation sites is 1. The van der Waals surface area contributed by atoms with Gasteiger partial charge in [0.2, 0.25) is 11.1 Å². The van der Waals surface area contributed by atoms with Gasteiger partial charge in [-0.25, -0.2) is 9.48 Å². The van der Waals surface area contributed by atoms with Crippen LogP contribution in [-0.4, -0.2) is 38.9 Å². The fourth-order valence-electron chi connectivity index (χ4n) is 4.42. The predicted octanol–water partition coefficient (Wildman–Crippen LogP) is 5.51. The Labute approximate surface area is 229 Å². The van der Waals surface area contributed by atoms with Crippen LogP contribution in [0.15, 0.2) is 89.2 Å². The van der Waals surface area contributed by atoms with Crippen molar-refractivity contribution in [3.8, 4) is 5.75 Å². The zero-order valence-corrected chi connectivity index (χ0v) is 22.5. The second-order valence-corrected chi connectivity index (χ2v) is 10.0. The molecule has 1 amide bonds. The van der Waals surface area contributed by atoms with E-state index in [4.69, 9.17) is 9.84 Å². The van der Waals surface area contributed by atoms with E-state index in [9.17, 15) is 14.7 Å². The molecule has 3 N–H and O–H groups in total. The monoisotopic (exact) mass is 541 g/mol. The Kier molecular flexibility index (Phi) is 7.38. The van der Waals surface area contributed by atoms with E-state index in [1.807, 2.05) is 62.4 Å². The number of carbonyl (C=O) groups is 2. The van der Waals surface area contributed by atoms with Crippen LogP contribution in [0.4, 0.5) is 11.6 Å². The van der Waals surface area contributed by atoms with Gasteiger partial charge in [-0.3, -0.25) is 4.79 Å². The second-order valence-electron chi connectivity index (χ2n) is 9.07. The van der Waals surface area contributed by atoms with Crippen LogP contribution in [0.2, 0.25) is 0 Å². The second kappa shape index (κ2) is 11.0. The molecule has 1 aliphatic rings. The number of fused-ring (bicyclic) bond motifs is 1. The maximum Gasteiger partial charge on any atom is 0.335 e. The molecule has 0 saturated carbocycles. The van der Waals surface area contributed by atoms with Gasteiger partial charge in [0, 0.05) is 17.1 Å². The summed E-state index contributed by atoms with van der Waals surface area (Å²) >= 11 is 1.47. The van der Waals surface area contributed by atoms with Crippen LogP contribution in [0.25, 0.3) is 0 Å². The number of benzene rings is 3. The third-order valence-electron chi connectivity index (χ3n) is 6.45. The number of nitrogens with zero attached hydrogens (tertiary/aromatic N) is 3. The summed E-state index contributed by atoms with van der Waals surface area (Å²) in [5.41, 5.74) is 4.68. The van der Waals surface area contributed by atoms with Crippen LogP contribution in [0.3, 0.4) is 0 Å². The van der Waals surface area contributed by atoms with E-state index in [0.29, 0.717) is 39.4 Å². The van der Waals surface area contributed by atoms with Gasteiger partial charge in [0.1, 0.15) is 11.8 Å². The lowest BCUT2D eigenvalue weighted by atomic mass is 9.94. The Morgan fingerprint density at radius 1 is 1.08 bits per heavy atom. The number of ether oxygens (including phenoxy) is 1. The van der Waals surface area contributed by atoms with Crippen molar-refractivity contribution in [2.75, 3.05) is 17.7 Å². The summed E-state index contributed by atoms with van der Waals surface area (Å²) in [6, 6.07) is 21.2. The van der Waals surface area contributed by atoms with Gasteiger partial charge in [-0.15, -0.1) is 5.10 Å². The summed E-state index contributed by atoms with van der Waals surface area (Å²) in [6.45, 7) is 3.76. The third-order valence-corrected chi connectivity index (χ3v) is 7.36. The minimum Gasteiger partial charge on any atom is -0.497 e. The number of aromatic carboxylic acids is 1. The van der Waals surface area contributed by atoms with E-state index < -0.39 is 12.0 Å². The molecule has 39 heavy (non-hydrogen) atoms. The number of carboxylic acids is 1. The fraction of sp³-hybridized carbons (Fsp3) is 0.172. The fourth-order valence-corrected chi connectivity index (χ4v) is 5.19. The molecular weight excluding hydrogens is 514 g/mol. The molecule has 0 aliphatic carbocycles. The number of carboxylic acid groups (broad SMARTS) is 1. The summed E-state index contributed by atoms with van der Waals surface area (Å²) in [5.74, 6) is 0.606. The maximum atomic E-state index is 13.7. The van der Waals surface area contributed by atoms with Gasteiger partial charge in [-0.05, 0) is 60.9 Å². The Morgan fingerprint density at radius 2 is 1.85 bits per heavy atom. The van der Waals surface area contributed by atoms with Crippen LogP contribution < -0.4 is 15.4 Å². The first-order valence-corrected chi connectivity index (χ1v) is 13.2. The maximum absolute atomic E-state index is 13.7. The van der Waals surface area contributed by atoms with Gasteiger partial charge in [-0.1, -0.05) is 54.2 Å². The Bertz CT molecular complexity index is 1580. The zero-order chi connectivity index (χ0) is 27.5. The van der Waals surface area contributed by atoms with E-state index in [1.165, 1.54) is 23.9 Å². The summed E-state index contributed by atoms with van der Waals surface area (Å²) in [4.78, 5) is 29.8. The number of anilines is 2. The van der Waals surface area contributed by atoms with Gasteiger partial charge in [0.15, 0.2) is 0 Å². The molecule has 0 spiro atoms. The number of carbonyl (C=O) groups excluding carboxylic acids is 1. The number of nitrogens with one attached hydrogen (secondary N) is 2. The number of aromatic nitrogens is 3. The normalized spacial score (nSPS) is 14.4. The van der Waals surface area contributed by atoms with Crippen molar-refractivity contribution in [2.45, 2.75) is 30.8 Å². The number of amides is 1. The predicted molar refractivity (Wildman–Crippen MR) is 150 cm³/mol. The molecule has 5 rings (SSSR count). The van der Waals surface area contributed by atoms with Crippen LogP contribution in [0, 0.1) is 6.92 Å². The summed E-state index contributed by atoms with van der Waals surface area (Å²) < 4.78 is 7.00. The van der Waals surface area contributed by atoms with E-state index in [1.54, 1.807) is 23.9 Å². The van der Waals surface area contributed by atoms with Crippen molar-refractivity contribution >= 4 is 35.3 Å². The number of hydrogen-bond donors (Lipinski definition) is 3. The van der Waals surface area contributed by atoms with Crippen molar-refractivity contribution in [3.05, 3.63) is 106 Å². The largest absolute Gasteiger partial charge is 0.497 e. The van der Waals surface area contributed by atoms with Gasteiger partial charge in [-0.2, -0.15) is 4.98 Å². The molecule has 2 heterocycles.